The number of nitrogens with one attached hydrogen (secondary N) is 1. The Kier molecular flexibility index (Phi) is 9.23. The standard InChI is InChI=1S/C23H24N2O4.ClH/c1-4-17-6-5-7-18(14-17)25-20-8-9-24-21-16-23(29-13-11-27-3)22(15-19(20)21)28-12-10-26-2;/h1,5-9,14-16H,10-13H2,2-3H3,(H,24,25);1H. The van der Waals surface area contributed by atoms with Crippen LogP contribution in [0.1, 0.15) is 5.56 Å². The zero-order valence-electron chi connectivity index (χ0n) is 17.0. The van der Waals surface area contributed by atoms with Crippen LogP contribution in [-0.2, 0) is 9.47 Å². The fourth-order valence-electron chi connectivity index (χ4n) is 2.80. The van der Waals surface area contributed by atoms with Gasteiger partial charge in [0, 0.05) is 48.8 Å². The van der Waals surface area contributed by atoms with Crippen molar-refractivity contribution in [3.63, 3.8) is 0 Å². The van der Waals surface area contributed by atoms with Gasteiger partial charge in [-0.3, -0.25) is 4.98 Å². The van der Waals surface area contributed by atoms with E-state index in [2.05, 4.69) is 16.2 Å². The van der Waals surface area contributed by atoms with Gasteiger partial charge in [0.2, 0.25) is 0 Å². The number of aromatic nitrogens is 1. The SMILES string of the molecule is C#Cc1cccc(Nc2ccnc3cc(OCCOC)c(OCCOC)cc23)c1.Cl. The maximum atomic E-state index is 5.89. The van der Waals surface area contributed by atoms with Crippen LogP contribution in [0.2, 0.25) is 0 Å². The molecule has 7 heteroatoms. The molecule has 2 aromatic carbocycles. The summed E-state index contributed by atoms with van der Waals surface area (Å²) in [4.78, 5) is 4.48. The first kappa shape index (κ1) is 23.3. The van der Waals surface area contributed by atoms with E-state index in [4.69, 9.17) is 25.4 Å². The van der Waals surface area contributed by atoms with Gasteiger partial charge in [0.25, 0.3) is 0 Å². The second kappa shape index (κ2) is 11.9. The predicted molar refractivity (Wildman–Crippen MR) is 121 cm³/mol. The summed E-state index contributed by atoms with van der Waals surface area (Å²) in [6, 6.07) is 13.4. The Hall–Kier alpha value is -2.98. The average Bonchev–Trinajstić information content (AvgIpc) is 2.75. The third-order valence-electron chi connectivity index (χ3n) is 4.21. The van der Waals surface area contributed by atoms with E-state index in [-0.39, 0.29) is 12.4 Å². The van der Waals surface area contributed by atoms with Crippen LogP contribution in [0.15, 0.2) is 48.7 Å². The zero-order valence-corrected chi connectivity index (χ0v) is 17.8. The van der Waals surface area contributed by atoms with Crippen molar-refractivity contribution in [2.24, 2.45) is 0 Å². The Labute approximate surface area is 182 Å². The van der Waals surface area contributed by atoms with E-state index in [1.54, 1.807) is 20.4 Å². The zero-order chi connectivity index (χ0) is 20.5. The van der Waals surface area contributed by atoms with Crippen LogP contribution in [0.3, 0.4) is 0 Å². The van der Waals surface area contributed by atoms with Gasteiger partial charge in [-0.1, -0.05) is 12.0 Å². The number of anilines is 2. The maximum Gasteiger partial charge on any atom is 0.163 e. The fourth-order valence-corrected chi connectivity index (χ4v) is 2.80. The normalized spacial score (nSPS) is 10.2. The largest absolute Gasteiger partial charge is 0.487 e. The highest BCUT2D eigenvalue weighted by atomic mass is 35.5. The van der Waals surface area contributed by atoms with E-state index in [1.807, 2.05) is 42.5 Å². The van der Waals surface area contributed by atoms with Crippen LogP contribution in [-0.4, -0.2) is 45.6 Å². The fraction of sp³-hybridized carbons (Fsp3) is 0.261. The van der Waals surface area contributed by atoms with Crippen molar-refractivity contribution in [1.29, 1.82) is 0 Å². The molecule has 0 unspecified atom stereocenters. The molecule has 0 saturated carbocycles. The van der Waals surface area contributed by atoms with Gasteiger partial charge in [0.1, 0.15) is 13.2 Å². The molecule has 158 valence electrons. The Bertz CT molecular complexity index is 1000. The molecule has 0 saturated heterocycles. The van der Waals surface area contributed by atoms with Crippen molar-refractivity contribution >= 4 is 34.7 Å². The number of hydrogen-bond acceptors (Lipinski definition) is 6. The molecule has 1 heterocycles. The predicted octanol–water partition coefficient (Wildman–Crippen LogP) is 4.43. The van der Waals surface area contributed by atoms with Crippen LogP contribution < -0.4 is 14.8 Å². The molecule has 0 fully saturated rings. The molecule has 30 heavy (non-hydrogen) atoms. The third kappa shape index (κ3) is 6.01. The molecule has 0 aliphatic heterocycles. The highest BCUT2D eigenvalue weighted by Crippen LogP contribution is 2.36. The molecule has 0 amide bonds. The van der Waals surface area contributed by atoms with E-state index in [0.717, 1.165) is 27.8 Å². The molecule has 0 radical (unpaired) electrons. The number of fused-ring (bicyclic) bond motifs is 1. The minimum absolute atomic E-state index is 0. The smallest absolute Gasteiger partial charge is 0.163 e. The van der Waals surface area contributed by atoms with Gasteiger partial charge in [0.05, 0.1) is 18.7 Å². The molecule has 3 aromatic rings. The van der Waals surface area contributed by atoms with E-state index >= 15 is 0 Å². The van der Waals surface area contributed by atoms with Gasteiger partial charge in [-0.2, -0.15) is 0 Å². The molecular weight excluding hydrogens is 404 g/mol. The maximum absolute atomic E-state index is 5.89. The first-order chi connectivity index (χ1) is 14.2. The Balaban J connectivity index is 0.00000320. The number of hydrogen-bond donors (Lipinski definition) is 1. The summed E-state index contributed by atoms with van der Waals surface area (Å²) >= 11 is 0. The lowest BCUT2D eigenvalue weighted by atomic mass is 10.1. The topological polar surface area (TPSA) is 61.8 Å². The Morgan fingerprint density at radius 2 is 1.63 bits per heavy atom. The number of halogens is 1. The first-order valence-electron chi connectivity index (χ1n) is 9.25. The summed E-state index contributed by atoms with van der Waals surface area (Å²) in [7, 11) is 3.27. The summed E-state index contributed by atoms with van der Waals surface area (Å²) in [6.07, 6.45) is 7.26. The summed E-state index contributed by atoms with van der Waals surface area (Å²) in [5, 5.41) is 4.32. The van der Waals surface area contributed by atoms with E-state index in [1.165, 1.54) is 0 Å². The summed E-state index contributed by atoms with van der Waals surface area (Å²) in [5.74, 6) is 3.89. The van der Waals surface area contributed by atoms with Crippen molar-refractivity contribution in [3.05, 3.63) is 54.2 Å². The van der Waals surface area contributed by atoms with Gasteiger partial charge in [0.15, 0.2) is 11.5 Å². The lowest BCUT2D eigenvalue weighted by Gasteiger charge is -2.16. The number of rotatable bonds is 10. The van der Waals surface area contributed by atoms with Gasteiger partial charge in [-0.05, 0) is 30.3 Å². The lowest BCUT2D eigenvalue weighted by Crippen LogP contribution is -2.08. The molecule has 1 aromatic heterocycles. The Morgan fingerprint density at radius 3 is 2.30 bits per heavy atom. The molecule has 6 nitrogen and oxygen atoms in total. The number of methoxy groups -OCH3 is 2. The van der Waals surface area contributed by atoms with Crippen molar-refractivity contribution < 1.29 is 18.9 Å². The minimum Gasteiger partial charge on any atom is -0.487 e. The molecule has 1 N–H and O–H groups in total. The lowest BCUT2D eigenvalue weighted by molar-refractivity contribution is 0.132. The van der Waals surface area contributed by atoms with Crippen molar-refractivity contribution in [1.82, 2.24) is 4.98 Å². The molecule has 0 aliphatic rings. The second-order valence-corrected chi connectivity index (χ2v) is 6.21. The summed E-state index contributed by atoms with van der Waals surface area (Å²) < 4.78 is 21.9. The van der Waals surface area contributed by atoms with Crippen LogP contribution in [0.25, 0.3) is 10.9 Å². The summed E-state index contributed by atoms with van der Waals surface area (Å²) in [6.45, 7) is 1.79. The van der Waals surface area contributed by atoms with Crippen molar-refractivity contribution in [2.75, 3.05) is 46.0 Å². The van der Waals surface area contributed by atoms with Gasteiger partial charge >= 0.3 is 0 Å². The molecule has 0 spiro atoms. The van der Waals surface area contributed by atoms with Gasteiger partial charge in [-0.25, -0.2) is 0 Å². The van der Waals surface area contributed by atoms with Gasteiger partial charge < -0.3 is 24.3 Å². The van der Waals surface area contributed by atoms with E-state index in [9.17, 15) is 0 Å². The second-order valence-electron chi connectivity index (χ2n) is 6.21. The average molecular weight is 429 g/mol. The Morgan fingerprint density at radius 1 is 0.933 bits per heavy atom. The van der Waals surface area contributed by atoms with Crippen LogP contribution in [0, 0.1) is 12.3 Å². The van der Waals surface area contributed by atoms with E-state index in [0.29, 0.717) is 37.9 Å². The first-order valence-corrected chi connectivity index (χ1v) is 9.25. The monoisotopic (exact) mass is 428 g/mol. The number of nitrogens with zero attached hydrogens (tertiary/aromatic N) is 1. The summed E-state index contributed by atoms with van der Waals surface area (Å²) in [5.41, 5.74) is 3.39. The molecule has 3 rings (SSSR count). The van der Waals surface area contributed by atoms with Crippen LogP contribution >= 0.6 is 12.4 Å². The number of terminal acetylenes is 1. The highest BCUT2D eigenvalue weighted by Gasteiger charge is 2.12. The van der Waals surface area contributed by atoms with Gasteiger partial charge in [-0.15, -0.1) is 18.8 Å². The number of pyridine rings is 1. The molecule has 0 bridgehead atoms. The highest BCUT2D eigenvalue weighted by molar-refractivity contribution is 5.95. The molecule has 0 aliphatic carbocycles. The number of benzene rings is 2. The van der Waals surface area contributed by atoms with Crippen LogP contribution in [0.5, 0.6) is 11.5 Å². The minimum atomic E-state index is 0. The van der Waals surface area contributed by atoms with Crippen molar-refractivity contribution in [3.8, 4) is 23.8 Å². The quantitative estimate of drug-likeness (QED) is 0.380. The third-order valence-corrected chi connectivity index (χ3v) is 4.21. The molecule has 0 atom stereocenters. The number of ether oxygens (including phenoxy) is 4. The van der Waals surface area contributed by atoms with Crippen LogP contribution in [0.4, 0.5) is 11.4 Å². The molecular formula is C23H25ClN2O4. The van der Waals surface area contributed by atoms with E-state index < -0.39 is 0 Å². The van der Waals surface area contributed by atoms with Crippen molar-refractivity contribution in [2.45, 2.75) is 0 Å².